The number of nitrogens with one attached hydrogen (secondary N) is 2. The van der Waals surface area contributed by atoms with Gasteiger partial charge in [0, 0.05) is 46.5 Å². The molecule has 1 aliphatic carbocycles. The number of hydrogen-bond donors (Lipinski definition) is 3. The van der Waals surface area contributed by atoms with Gasteiger partial charge < -0.3 is 20.5 Å². The van der Waals surface area contributed by atoms with Gasteiger partial charge in [0.1, 0.15) is 23.4 Å². The van der Waals surface area contributed by atoms with E-state index >= 15 is 0 Å². The van der Waals surface area contributed by atoms with Gasteiger partial charge in [-0.3, -0.25) is 24.2 Å². The molecule has 2 amide bonds. The lowest BCUT2D eigenvalue weighted by Crippen LogP contribution is -2.71. The quantitative estimate of drug-likeness (QED) is 0.433. The number of carbonyl (C=O) groups is 4. The number of phenols is 1. The molecule has 240 valence electrons. The van der Waals surface area contributed by atoms with E-state index in [-0.39, 0.29) is 42.4 Å². The highest BCUT2D eigenvalue weighted by Crippen LogP contribution is 2.52. The second-order valence-corrected chi connectivity index (χ2v) is 13.8. The Morgan fingerprint density at radius 2 is 1.76 bits per heavy atom. The number of likely N-dealkylation sites (N-methyl/N-ethyl adjacent to an activating group) is 1. The van der Waals surface area contributed by atoms with E-state index in [9.17, 15) is 29.5 Å². The number of hydrogen-bond acceptors (Lipinski definition) is 9. The highest BCUT2D eigenvalue weighted by molar-refractivity contribution is 6.25. The molecule has 6 atom stereocenters. The third-order valence-electron chi connectivity index (χ3n) is 9.98. The molecule has 5 rings (SSSR count). The SMILES string of the molecule is CC1=C(C)C(=O)C2=C(CC3[C@H]4c5c(cc(C)c(C)c5O)C[C@H]([C@H](C#N)N3[C@H]2CNC(=O)[C@H](C)NC(=O)OC(C)(C)C)N4C)C1=O. The predicted octanol–water partition coefficient (Wildman–Crippen LogP) is 3.07. The summed E-state index contributed by atoms with van der Waals surface area (Å²) >= 11 is 0. The van der Waals surface area contributed by atoms with Gasteiger partial charge in [0.05, 0.1) is 18.2 Å². The maximum absolute atomic E-state index is 13.9. The summed E-state index contributed by atoms with van der Waals surface area (Å²) < 4.78 is 5.28. The number of nitrogens with zero attached hydrogens (tertiary/aromatic N) is 3. The van der Waals surface area contributed by atoms with Crippen molar-refractivity contribution in [2.75, 3.05) is 13.6 Å². The molecule has 2 bridgehead atoms. The van der Waals surface area contributed by atoms with Gasteiger partial charge in [0.25, 0.3) is 0 Å². The molecule has 4 aliphatic rings. The number of benzene rings is 1. The van der Waals surface area contributed by atoms with Crippen molar-refractivity contribution in [1.29, 1.82) is 5.26 Å². The van der Waals surface area contributed by atoms with Gasteiger partial charge in [-0.15, -0.1) is 0 Å². The van der Waals surface area contributed by atoms with E-state index in [0.29, 0.717) is 28.7 Å². The summed E-state index contributed by atoms with van der Waals surface area (Å²) in [6.07, 6.45) is 0.000253. The molecule has 1 aromatic rings. The van der Waals surface area contributed by atoms with Crippen molar-refractivity contribution in [3.05, 3.63) is 50.6 Å². The molecule has 11 nitrogen and oxygen atoms in total. The van der Waals surface area contributed by atoms with Crippen molar-refractivity contribution in [2.45, 2.75) is 110 Å². The zero-order valence-corrected chi connectivity index (χ0v) is 27.5. The van der Waals surface area contributed by atoms with E-state index in [4.69, 9.17) is 4.74 Å². The number of fused-ring (bicyclic) bond motifs is 6. The summed E-state index contributed by atoms with van der Waals surface area (Å²) in [7, 11) is 1.95. The van der Waals surface area contributed by atoms with Crippen molar-refractivity contribution in [3.8, 4) is 11.8 Å². The lowest BCUT2D eigenvalue weighted by molar-refractivity contribution is -0.124. The molecular formula is C34H43N5O6. The van der Waals surface area contributed by atoms with E-state index in [0.717, 1.165) is 22.3 Å². The van der Waals surface area contributed by atoms with Crippen LogP contribution in [0, 0.1) is 25.2 Å². The summed E-state index contributed by atoms with van der Waals surface area (Å²) in [5, 5.41) is 27.5. The van der Waals surface area contributed by atoms with Crippen molar-refractivity contribution in [2.24, 2.45) is 0 Å². The molecule has 0 aromatic heterocycles. The van der Waals surface area contributed by atoms with Crippen LogP contribution >= 0.6 is 0 Å². The Kier molecular flexibility index (Phi) is 8.21. The number of ether oxygens (including phenoxy) is 1. The first-order valence-corrected chi connectivity index (χ1v) is 15.5. The number of allylic oxidation sites excluding steroid dienone is 2. The molecule has 3 heterocycles. The van der Waals surface area contributed by atoms with Crippen molar-refractivity contribution in [3.63, 3.8) is 0 Å². The number of aromatic hydroxyl groups is 1. The number of rotatable bonds is 4. The average molecular weight is 618 g/mol. The number of nitriles is 1. The third kappa shape index (κ3) is 5.34. The summed E-state index contributed by atoms with van der Waals surface area (Å²) in [4.78, 5) is 57.4. The Morgan fingerprint density at radius 1 is 1.11 bits per heavy atom. The number of amides is 2. The van der Waals surface area contributed by atoms with Gasteiger partial charge in [-0.1, -0.05) is 6.07 Å². The van der Waals surface area contributed by atoms with Crippen molar-refractivity contribution >= 4 is 23.6 Å². The van der Waals surface area contributed by atoms with Crippen LogP contribution in [0.15, 0.2) is 28.4 Å². The maximum Gasteiger partial charge on any atom is 0.408 e. The Bertz CT molecular complexity index is 1610. The Hall–Kier alpha value is -4.01. The van der Waals surface area contributed by atoms with Crippen LogP contribution < -0.4 is 10.6 Å². The van der Waals surface area contributed by atoms with Crippen LogP contribution in [-0.2, 0) is 25.5 Å². The zero-order chi connectivity index (χ0) is 33.3. The number of carbonyl (C=O) groups excluding carboxylic acids is 4. The van der Waals surface area contributed by atoms with Crippen LogP contribution in [0.4, 0.5) is 4.79 Å². The monoisotopic (exact) mass is 617 g/mol. The zero-order valence-electron chi connectivity index (χ0n) is 27.5. The lowest BCUT2D eigenvalue weighted by atomic mass is 9.69. The molecule has 11 heteroatoms. The van der Waals surface area contributed by atoms with Crippen molar-refractivity contribution in [1.82, 2.24) is 20.4 Å². The summed E-state index contributed by atoms with van der Waals surface area (Å²) in [6.45, 7) is 13.8. The molecule has 1 fully saturated rings. The number of piperazine rings is 1. The predicted molar refractivity (Wildman–Crippen MR) is 166 cm³/mol. The minimum absolute atomic E-state index is 0.0625. The van der Waals surface area contributed by atoms with Crippen LogP contribution in [0.1, 0.15) is 76.3 Å². The molecule has 0 saturated carbocycles. The Labute approximate surface area is 264 Å². The number of ketones is 2. The number of Topliss-reactive ketones (excluding diaryl/α,β-unsaturated/α-hetero) is 2. The van der Waals surface area contributed by atoms with Gasteiger partial charge >= 0.3 is 6.09 Å². The number of alkyl carbamates (subject to hydrolysis) is 1. The van der Waals surface area contributed by atoms with E-state index in [1.165, 1.54) is 6.92 Å². The van der Waals surface area contributed by atoms with E-state index in [1.807, 2.05) is 25.8 Å². The lowest BCUT2D eigenvalue weighted by Gasteiger charge is -2.60. The van der Waals surface area contributed by atoms with Crippen LogP contribution in [0.25, 0.3) is 0 Å². The smallest absolute Gasteiger partial charge is 0.408 e. The first-order chi connectivity index (χ1) is 21.0. The van der Waals surface area contributed by atoms with Gasteiger partial charge in [0.2, 0.25) is 5.91 Å². The minimum Gasteiger partial charge on any atom is -0.507 e. The normalized spacial score (nSPS) is 27.2. The third-order valence-corrected chi connectivity index (χ3v) is 9.98. The van der Waals surface area contributed by atoms with Crippen molar-refractivity contribution < 1.29 is 29.0 Å². The fourth-order valence-electron chi connectivity index (χ4n) is 7.48. The molecule has 0 radical (unpaired) electrons. The van der Waals surface area contributed by atoms with Gasteiger partial charge in [-0.05, 0) is 92.0 Å². The van der Waals surface area contributed by atoms with Gasteiger partial charge in [-0.25, -0.2) is 4.79 Å². The Morgan fingerprint density at radius 3 is 2.38 bits per heavy atom. The second-order valence-electron chi connectivity index (χ2n) is 13.8. The number of phenolic OH excluding ortho intramolecular Hbond substituents is 1. The fourth-order valence-corrected chi connectivity index (χ4v) is 7.48. The molecule has 3 aliphatic heterocycles. The molecule has 1 saturated heterocycles. The molecule has 1 aromatic carbocycles. The van der Waals surface area contributed by atoms with Gasteiger partial charge in [-0.2, -0.15) is 5.26 Å². The van der Waals surface area contributed by atoms with E-state index in [2.05, 4.69) is 27.7 Å². The fraction of sp³-hybridized carbons (Fsp3) is 0.559. The van der Waals surface area contributed by atoms with E-state index in [1.54, 1.807) is 34.6 Å². The molecule has 3 N–H and O–H groups in total. The first kappa shape index (κ1) is 32.4. The molecule has 45 heavy (non-hydrogen) atoms. The second kappa shape index (κ2) is 11.4. The van der Waals surface area contributed by atoms with Gasteiger partial charge in [0.15, 0.2) is 11.6 Å². The first-order valence-electron chi connectivity index (χ1n) is 15.5. The molecule has 0 spiro atoms. The Balaban J connectivity index is 1.57. The molecule has 1 unspecified atom stereocenters. The standard InChI is InChI=1S/C34H43N5O6/c1-15-10-20-11-22-24(13-35)39-23(28(38(22)9)26(20)30(41)16(15)2)12-21-27(31(42)18(4)17(3)29(21)40)25(39)14-36-32(43)19(5)37-33(44)45-34(6,7)8/h10,19,22-25,28,41H,11-12,14H2,1-9H3,(H,36,43)(H,37,44)/t19-,22+,23?,24-,25-,28-/m0/s1. The topological polar surface area (TPSA) is 152 Å². The highest BCUT2D eigenvalue weighted by atomic mass is 16.6. The van der Waals surface area contributed by atoms with Crippen LogP contribution in [0.5, 0.6) is 5.75 Å². The number of aryl methyl sites for hydroxylation is 1. The van der Waals surface area contributed by atoms with Crippen LogP contribution in [0.2, 0.25) is 0 Å². The maximum atomic E-state index is 13.9. The van der Waals surface area contributed by atoms with E-state index < -0.39 is 41.8 Å². The van der Waals surface area contributed by atoms with Crippen LogP contribution in [-0.4, -0.2) is 87.9 Å². The molecular weight excluding hydrogens is 574 g/mol. The highest BCUT2D eigenvalue weighted by Gasteiger charge is 2.57. The minimum atomic E-state index is -0.950. The largest absolute Gasteiger partial charge is 0.507 e. The summed E-state index contributed by atoms with van der Waals surface area (Å²) in [6, 6.07) is 1.11. The summed E-state index contributed by atoms with van der Waals surface area (Å²) in [5.41, 5.74) is 4.20. The van der Waals surface area contributed by atoms with Crippen LogP contribution in [0.3, 0.4) is 0 Å². The summed E-state index contributed by atoms with van der Waals surface area (Å²) in [5.74, 6) is -0.771. The average Bonchev–Trinajstić information content (AvgIpc) is 2.95.